The number of allylic oxidation sites excluding steroid dienone is 2. The van der Waals surface area contributed by atoms with Crippen LogP contribution in [0.3, 0.4) is 0 Å². The zero-order valence-corrected chi connectivity index (χ0v) is 18.9. The first kappa shape index (κ1) is 24.1. The average Bonchev–Trinajstić information content (AvgIpc) is 2.81. The van der Waals surface area contributed by atoms with E-state index in [4.69, 9.17) is 0 Å². The minimum absolute atomic E-state index is 0.178. The van der Waals surface area contributed by atoms with Crippen LogP contribution in [0.4, 0.5) is 11.4 Å². The smallest absolute Gasteiger partial charge is 0.221 e. The highest BCUT2D eigenvalue weighted by molar-refractivity contribution is 6.08. The Morgan fingerprint density at radius 3 is 1.32 bits per heavy atom. The monoisotopic (exact) mass is 452 g/mol. The molecule has 0 heterocycles. The summed E-state index contributed by atoms with van der Waals surface area (Å²) >= 11 is 0. The maximum absolute atomic E-state index is 12.4. The molecule has 6 heteroatoms. The molecule has 3 rings (SSSR count). The SMILES string of the molecule is CC(=O)Nc1cccc(C(=O)/C=C\c2ccc(/C=C\C(=O)c3cccc(NC(C)=O)c3)cc2)c1. The second-order valence-corrected chi connectivity index (χ2v) is 7.59. The molecule has 0 radical (unpaired) electrons. The number of carbonyl (C=O) groups is 4. The number of nitrogens with one attached hydrogen (secondary N) is 2. The Kier molecular flexibility index (Phi) is 8.02. The number of ketones is 2. The van der Waals surface area contributed by atoms with E-state index in [1.165, 1.54) is 26.0 Å². The van der Waals surface area contributed by atoms with Gasteiger partial charge in [-0.2, -0.15) is 0 Å². The van der Waals surface area contributed by atoms with Crippen LogP contribution in [0.1, 0.15) is 45.7 Å². The molecule has 6 nitrogen and oxygen atoms in total. The quantitative estimate of drug-likeness (QED) is 0.354. The minimum atomic E-state index is -0.200. The predicted octanol–water partition coefficient (Wildman–Crippen LogP) is 5.40. The van der Waals surface area contributed by atoms with E-state index in [2.05, 4.69) is 10.6 Å². The molecule has 0 fully saturated rings. The van der Waals surface area contributed by atoms with E-state index >= 15 is 0 Å². The number of rotatable bonds is 8. The molecular weight excluding hydrogens is 428 g/mol. The summed E-state index contributed by atoms with van der Waals surface area (Å²) in [4.78, 5) is 47.3. The third kappa shape index (κ3) is 7.24. The Labute approximate surface area is 198 Å². The second kappa shape index (κ2) is 11.3. The average molecular weight is 453 g/mol. The predicted molar refractivity (Wildman–Crippen MR) is 135 cm³/mol. The summed E-state index contributed by atoms with van der Waals surface area (Å²) < 4.78 is 0. The van der Waals surface area contributed by atoms with Gasteiger partial charge in [-0.15, -0.1) is 0 Å². The van der Waals surface area contributed by atoms with E-state index in [1.807, 2.05) is 24.3 Å². The lowest BCUT2D eigenvalue weighted by molar-refractivity contribution is -0.115. The molecule has 0 aliphatic carbocycles. The van der Waals surface area contributed by atoms with Crippen molar-refractivity contribution >= 4 is 46.9 Å². The fourth-order valence-electron chi connectivity index (χ4n) is 3.16. The van der Waals surface area contributed by atoms with Gasteiger partial charge in [0.25, 0.3) is 0 Å². The number of carbonyl (C=O) groups excluding carboxylic acids is 4. The lowest BCUT2D eigenvalue weighted by Gasteiger charge is -2.03. The molecule has 0 aliphatic rings. The van der Waals surface area contributed by atoms with Crippen LogP contribution in [0.5, 0.6) is 0 Å². The van der Waals surface area contributed by atoms with Crippen molar-refractivity contribution in [3.05, 3.63) is 107 Å². The van der Waals surface area contributed by atoms with Crippen LogP contribution < -0.4 is 10.6 Å². The van der Waals surface area contributed by atoms with Crippen LogP contribution >= 0.6 is 0 Å². The van der Waals surface area contributed by atoms with Crippen molar-refractivity contribution in [3.63, 3.8) is 0 Å². The van der Waals surface area contributed by atoms with Gasteiger partial charge in [0.15, 0.2) is 11.6 Å². The second-order valence-electron chi connectivity index (χ2n) is 7.59. The number of amides is 2. The summed E-state index contributed by atoms with van der Waals surface area (Å²) in [6.45, 7) is 2.82. The minimum Gasteiger partial charge on any atom is -0.326 e. The van der Waals surface area contributed by atoms with Gasteiger partial charge in [-0.25, -0.2) is 0 Å². The first-order valence-corrected chi connectivity index (χ1v) is 10.6. The van der Waals surface area contributed by atoms with E-state index in [-0.39, 0.29) is 23.4 Å². The van der Waals surface area contributed by atoms with Gasteiger partial charge in [0.05, 0.1) is 0 Å². The Bertz CT molecular complexity index is 1190. The maximum atomic E-state index is 12.4. The zero-order chi connectivity index (χ0) is 24.5. The highest BCUT2D eigenvalue weighted by Crippen LogP contribution is 2.15. The molecule has 0 aromatic heterocycles. The van der Waals surface area contributed by atoms with Crippen LogP contribution in [-0.2, 0) is 9.59 Å². The Balaban J connectivity index is 1.63. The van der Waals surface area contributed by atoms with Crippen LogP contribution in [0, 0.1) is 0 Å². The van der Waals surface area contributed by atoms with Crippen molar-refractivity contribution in [2.45, 2.75) is 13.8 Å². The zero-order valence-electron chi connectivity index (χ0n) is 18.9. The topological polar surface area (TPSA) is 92.3 Å². The molecule has 0 unspecified atom stereocenters. The molecule has 3 aromatic carbocycles. The lowest BCUT2D eigenvalue weighted by atomic mass is 10.1. The molecular formula is C28H24N2O4. The summed E-state index contributed by atoms with van der Waals surface area (Å²) in [5, 5.41) is 5.32. The highest BCUT2D eigenvalue weighted by atomic mass is 16.2. The van der Waals surface area contributed by atoms with Crippen LogP contribution in [0.15, 0.2) is 84.9 Å². The van der Waals surface area contributed by atoms with E-state index in [0.717, 1.165) is 11.1 Å². The highest BCUT2D eigenvalue weighted by Gasteiger charge is 2.05. The molecule has 0 spiro atoms. The maximum Gasteiger partial charge on any atom is 0.221 e. The number of anilines is 2. The Hall–Kier alpha value is -4.58. The van der Waals surface area contributed by atoms with Crippen LogP contribution in [0.25, 0.3) is 12.2 Å². The summed E-state index contributed by atoms with van der Waals surface area (Å²) in [5.41, 5.74) is 3.75. The van der Waals surface area contributed by atoms with Crippen molar-refractivity contribution in [1.82, 2.24) is 0 Å². The summed E-state index contributed by atoms with van der Waals surface area (Å²) in [6, 6.07) is 20.9. The van der Waals surface area contributed by atoms with Gasteiger partial charge in [-0.05, 0) is 47.5 Å². The van der Waals surface area contributed by atoms with Crippen molar-refractivity contribution in [1.29, 1.82) is 0 Å². The molecule has 2 amide bonds. The molecule has 3 aromatic rings. The first-order valence-electron chi connectivity index (χ1n) is 10.6. The van der Waals surface area contributed by atoms with Gasteiger partial charge in [-0.3, -0.25) is 19.2 Å². The van der Waals surface area contributed by atoms with Crippen molar-refractivity contribution < 1.29 is 19.2 Å². The van der Waals surface area contributed by atoms with Crippen molar-refractivity contribution in [2.75, 3.05) is 10.6 Å². The lowest BCUT2D eigenvalue weighted by Crippen LogP contribution is -2.06. The third-order valence-corrected chi connectivity index (χ3v) is 4.73. The van der Waals surface area contributed by atoms with E-state index < -0.39 is 0 Å². The molecule has 0 atom stereocenters. The van der Waals surface area contributed by atoms with Crippen LogP contribution in [-0.4, -0.2) is 23.4 Å². The molecule has 0 saturated heterocycles. The van der Waals surface area contributed by atoms with E-state index in [9.17, 15) is 19.2 Å². The summed E-state index contributed by atoms with van der Waals surface area (Å²) in [5.74, 6) is -0.754. The number of hydrogen-bond donors (Lipinski definition) is 2. The van der Waals surface area contributed by atoms with E-state index in [0.29, 0.717) is 22.5 Å². The normalized spacial score (nSPS) is 10.9. The fraction of sp³-hybridized carbons (Fsp3) is 0.0714. The van der Waals surface area contributed by atoms with Crippen molar-refractivity contribution in [3.8, 4) is 0 Å². The van der Waals surface area contributed by atoms with Gasteiger partial charge in [0.2, 0.25) is 11.8 Å². The van der Waals surface area contributed by atoms with Crippen LogP contribution in [0.2, 0.25) is 0 Å². The van der Waals surface area contributed by atoms with Gasteiger partial charge < -0.3 is 10.6 Å². The molecule has 0 saturated carbocycles. The van der Waals surface area contributed by atoms with Crippen molar-refractivity contribution in [2.24, 2.45) is 0 Å². The van der Waals surface area contributed by atoms with Gasteiger partial charge >= 0.3 is 0 Å². The molecule has 0 bridgehead atoms. The first-order chi connectivity index (χ1) is 16.3. The molecule has 34 heavy (non-hydrogen) atoms. The van der Waals surface area contributed by atoms with E-state index in [1.54, 1.807) is 60.7 Å². The molecule has 0 aliphatic heterocycles. The Morgan fingerprint density at radius 1 is 0.588 bits per heavy atom. The van der Waals surface area contributed by atoms with Gasteiger partial charge in [0.1, 0.15) is 0 Å². The molecule has 2 N–H and O–H groups in total. The summed E-state index contributed by atoms with van der Waals surface area (Å²) in [7, 11) is 0. The Morgan fingerprint density at radius 2 is 0.971 bits per heavy atom. The van der Waals surface area contributed by atoms with Gasteiger partial charge in [-0.1, -0.05) is 60.7 Å². The number of hydrogen-bond acceptors (Lipinski definition) is 4. The number of benzene rings is 3. The third-order valence-electron chi connectivity index (χ3n) is 4.73. The summed E-state index contributed by atoms with van der Waals surface area (Å²) in [6.07, 6.45) is 6.37. The van der Waals surface area contributed by atoms with Gasteiger partial charge in [0, 0.05) is 36.3 Å². The molecule has 170 valence electrons. The fourth-order valence-corrected chi connectivity index (χ4v) is 3.16. The largest absolute Gasteiger partial charge is 0.326 e. The standard InChI is InChI=1S/C28H24N2O4/c1-19(31)29-25-7-3-5-23(17-25)27(33)15-13-21-9-11-22(12-10-21)14-16-28(34)24-6-4-8-26(18-24)30-20(2)32/h3-18H,1-2H3,(H,29,31)(H,30,32)/b15-13-,16-14-.